The van der Waals surface area contributed by atoms with Gasteiger partial charge in [-0.05, 0) is 164 Å². The zero-order valence-electron chi connectivity index (χ0n) is 70.3. The number of carbonyl (C=O) groups excluding carboxylic acids is 6. The summed E-state index contributed by atoms with van der Waals surface area (Å²) in [5.74, 6) is -2.57. The monoisotopic (exact) mass is 1770 g/mol. The van der Waals surface area contributed by atoms with Gasteiger partial charge in [0.05, 0.1) is 38.3 Å². The van der Waals surface area contributed by atoms with Crippen LogP contribution in [0.2, 0.25) is 0 Å². The number of hydrogen-bond donors (Lipinski definition) is 5. The molecule has 3 aliphatic heterocycles. The number of aliphatic hydroxyl groups is 2. The second kappa shape index (κ2) is 43.1. The van der Waals surface area contributed by atoms with Crippen molar-refractivity contribution in [1.29, 1.82) is 0 Å². The number of anilines is 3. The normalized spacial score (nSPS) is 22.7. The largest absolute Gasteiger partial charge is 0.465 e. The Morgan fingerprint density at radius 2 is 0.832 bits per heavy atom. The Bertz CT molecular complexity index is 4460. The highest BCUT2D eigenvalue weighted by Gasteiger charge is 2.50. The molecule has 4 amide bonds. The first-order chi connectivity index (χ1) is 55.3. The number of halogens is 3. The van der Waals surface area contributed by atoms with Crippen LogP contribution in [0.15, 0.2) is 112 Å². The standard InChI is InChI=1S/C34H50FN4O10PS.C23H32FN4O7PS.C20H30FN3O6S/c1-11-45-29(40)24(19-21(2)3)37-50(44,49-23-15-13-12-14-16-23)46-20-25-22(4)27(35)28(51-25)38-18-17-26(36-30(38)41)39(31(42)47-33(5,6)7)32(43)48-34(8,9)10;1-4-33-22(30)16(12-14(2)3)27-36(32,35-15-8-6-5-7-9-15)34-13-17-20(29)19(24)21(37-17)28-11-10-18(25)26-23(28)31;1-11-12(10-25)31-15(14(11)21)23-9-8-13(22-16(23)26)24(17(27)29-19(2,3)4)18(28)30-20(5,6)7/h12-18,21-22,24-25,27-28H,11,19-20H2,1-10H3,(H,37,44);5-11,14,16-17,19-21,29H,4,12-13H2,1-3H3,(H,27,32)(H2,25,26,31);8-9,11-12,14-15,25H,10H2,1-7H3/t22-,24+,25-,27+,28-,50?;16-,17+,19-,20+,21+,36?;11-,12-,14+,15-/m101/s1. The zero-order valence-corrected chi connectivity index (χ0v) is 74.5. The molecular formula is C77H112F3N11O23P2S3. The number of para-hydroxylation sites is 2. The van der Waals surface area contributed by atoms with Gasteiger partial charge in [0.15, 0.2) is 17.8 Å². The van der Waals surface area contributed by atoms with Crippen LogP contribution in [0.5, 0.6) is 11.5 Å². The van der Waals surface area contributed by atoms with E-state index >= 15 is 4.39 Å². The van der Waals surface area contributed by atoms with Gasteiger partial charge in [-0.1, -0.05) is 77.9 Å². The average Bonchev–Trinajstić information content (AvgIpc) is 1.71. The number of thioether (sulfide) groups is 3. The molecule has 119 heavy (non-hydrogen) atoms. The molecule has 0 aliphatic carbocycles. The zero-order chi connectivity index (χ0) is 89.2. The SMILES string of the molecule is CCOC(=O)[C@H](CC(C)C)NP(=O)(OC[C@H]1S[C@@H](n2ccc(N(C(=O)OC(C)(C)C)C(=O)OC(C)(C)C)nc2=O)[C@@H](F)[C@@H]1C)Oc1ccccc1.CCOC(=O)[C@H](CC(C)C)NP(=O)(OC[C@H]1S[C@@H](n2ccc(N)nc2=O)[C@@H](F)[C@@H]1O)Oc1ccccc1.C[C@H]1[C@H](F)[C@H](n2ccc(N(C(=O)OC(C)(C)C)C(=O)OC(C)(C)C)nc2=O)S[C@@H]1CO. The molecule has 0 radical (unpaired) electrons. The van der Waals surface area contributed by atoms with E-state index in [1.807, 2.05) is 27.7 Å². The number of hydrogen-bond acceptors (Lipinski definition) is 30. The number of esters is 2. The number of carbonyl (C=O) groups is 6. The van der Waals surface area contributed by atoms with Crippen molar-refractivity contribution in [1.82, 2.24) is 38.8 Å². The van der Waals surface area contributed by atoms with Crippen LogP contribution < -0.4 is 51.8 Å². The minimum absolute atomic E-state index is 0.0114. The molecule has 34 nitrogen and oxygen atoms in total. The van der Waals surface area contributed by atoms with Gasteiger partial charge in [0.2, 0.25) is 0 Å². The van der Waals surface area contributed by atoms with Gasteiger partial charge < -0.3 is 53.4 Å². The third-order valence-corrected chi connectivity index (χ3v) is 24.9. The maximum atomic E-state index is 15.9. The van der Waals surface area contributed by atoms with Crippen molar-refractivity contribution in [3.05, 3.63) is 129 Å². The highest BCUT2D eigenvalue weighted by atomic mass is 32.2. The van der Waals surface area contributed by atoms with Crippen molar-refractivity contribution < 1.29 is 108 Å². The molecule has 2 unspecified atom stereocenters. The van der Waals surface area contributed by atoms with Crippen LogP contribution in [-0.4, -0.2) is 183 Å². The van der Waals surface area contributed by atoms with Gasteiger partial charge in [-0.2, -0.15) is 34.9 Å². The number of ether oxygens (including phenoxy) is 6. The van der Waals surface area contributed by atoms with E-state index in [0.717, 1.165) is 49.0 Å². The van der Waals surface area contributed by atoms with Crippen molar-refractivity contribution in [2.75, 3.05) is 48.6 Å². The van der Waals surface area contributed by atoms with E-state index in [1.54, 1.807) is 171 Å². The molecule has 42 heteroatoms. The first-order valence-electron chi connectivity index (χ1n) is 38.4. The number of aromatic nitrogens is 6. The summed E-state index contributed by atoms with van der Waals surface area (Å²) in [6.07, 6.45) is -6.32. The minimum Gasteiger partial charge on any atom is -0.465 e. The third-order valence-electron chi connectivity index (χ3n) is 16.8. The van der Waals surface area contributed by atoms with Crippen LogP contribution in [0, 0.1) is 23.7 Å². The molecule has 3 fully saturated rings. The molecule has 0 bridgehead atoms. The molecule has 5 aromatic rings. The van der Waals surface area contributed by atoms with E-state index < -0.39 is 173 Å². The van der Waals surface area contributed by atoms with E-state index in [-0.39, 0.29) is 85.3 Å². The lowest BCUT2D eigenvalue weighted by molar-refractivity contribution is -0.146. The molecule has 16 atom stereocenters. The van der Waals surface area contributed by atoms with Crippen molar-refractivity contribution >= 4 is 105 Å². The second-order valence-electron chi connectivity index (χ2n) is 32.5. The molecule has 662 valence electrons. The van der Waals surface area contributed by atoms with Gasteiger partial charge in [0.25, 0.3) is 0 Å². The van der Waals surface area contributed by atoms with Gasteiger partial charge in [-0.25, -0.2) is 55.9 Å². The Hall–Kier alpha value is -8.04. The Balaban J connectivity index is 0.000000287. The van der Waals surface area contributed by atoms with E-state index in [2.05, 4.69) is 25.1 Å². The summed E-state index contributed by atoms with van der Waals surface area (Å²) in [6.45, 7) is 32.9. The van der Waals surface area contributed by atoms with Gasteiger partial charge in [-0.3, -0.25) is 32.3 Å². The minimum atomic E-state index is -4.26. The fourth-order valence-electron chi connectivity index (χ4n) is 11.4. The molecule has 8 rings (SSSR count). The predicted octanol–water partition coefficient (Wildman–Crippen LogP) is 13.7. The fourth-order valence-corrected chi connectivity index (χ4v) is 19.2. The molecular weight excluding hydrogens is 1660 g/mol. The number of alkyl halides is 3. The van der Waals surface area contributed by atoms with Crippen molar-refractivity contribution in [3.8, 4) is 11.5 Å². The molecule has 3 aliphatic rings. The summed E-state index contributed by atoms with van der Waals surface area (Å²) >= 11 is 3.12. The number of nitrogen functional groups attached to an aromatic ring is 1. The number of imide groups is 2. The first kappa shape index (κ1) is 99.8. The maximum Gasteiger partial charge on any atom is 0.459 e. The van der Waals surface area contributed by atoms with Crippen molar-refractivity contribution in [2.45, 2.75) is 242 Å². The topological polar surface area (TPSA) is 431 Å². The number of benzene rings is 2. The number of rotatable bonds is 28. The van der Waals surface area contributed by atoms with Gasteiger partial charge in [0.1, 0.15) is 86.4 Å². The van der Waals surface area contributed by atoms with E-state index in [0.29, 0.717) is 9.80 Å². The molecule has 2 aromatic carbocycles. The number of aliphatic hydroxyl groups excluding tert-OH is 2. The molecule has 3 saturated heterocycles. The second-order valence-corrected chi connectivity index (χ2v) is 40.0. The maximum absolute atomic E-state index is 15.9. The summed E-state index contributed by atoms with van der Waals surface area (Å²) in [6, 6.07) is 18.3. The lowest BCUT2D eigenvalue weighted by Crippen LogP contribution is -2.45. The molecule has 6 N–H and O–H groups in total. The van der Waals surface area contributed by atoms with E-state index in [1.165, 1.54) is 36.8 Å². The molecule has 0 saturated carbocycles. The highest BCUT2D eigenvalue weighted by molar-refractivity contribution is 8.00. The van der Waals surface area contributed by atoms with Crippen LogP contribution in [-0.2, 0) is 56.2 Å². The van der Waals surface area contributed by atoms with E-state index in [9.17, 15) is 71.3 Å². The lowest BCUT2D eigenvalue weighted by atomic mass is 10.0. The number of amides is 4. The number of nitrogens with one attached hydrogen (secondary N) is 2. The van der Waals surface area contributed by atoms with Gasteiger partial charge in [-0.15, -0.1) is 35.3 Å². The summed E-state index contributed by atoms with van der Waals surface area (Å²) in [5.41, 5.74) is -0.842. The smallest absolute Gasteiger partial charge is 0.459 e. The van der Waals surface area contributed by atoms with Crippen LogP contribution in [0.1, 0.15) is 167 Å². The average molecular weight is 1770 g/mol. The summed E-state index contributed by atoms with van der Waals surface area (Å²) in [4.78, 5) is 127. The van der Waals surface area contributed by atoms with Crippen molar-refractivity contribution in [3.63, 3.8) is 0 Å². The number of nitrogens with zero attached hydrogens (tertiary/aromatic N) is 8. The van der Waals surface area contributed by atoms with Crippen LogP contribution in [0.25, 0.3) is 0 Å². The summed E-state index contributed by atoms with van der Waals surface area (Å²) < 4.78 is 131. The van der Waals surface area contributed by atoms with Crippen LogP contribution in [0.3, 0.4) is 0 Å². The third kappa shape index (κ3) is 29.9. The van der Waals surface area contributed by atoms with Crippen molar-refractivity contribution in [2.24, 2.45) is 23.7 Å². The summed E-state index contributed by atoms with van der Waals surface area (Å²) in [5, 5.41) is 20.4. The van der Waals surface area contributed by atoms with E-state index in [4.69, 9.17) is 52.2 Å². The van der Waals surface area contributed by atoms with Crippen LogP contribution in [0.4, 0.5) is 49.8 Å². The Morgan fingerprint density at radius 3 is 1.15 bits per heavy atom. The molecule has 6 heterocycles. The predicted molar refractivity (Wildman–Crippen MR) is 444 cm³/mol. The lowest BCUT2D eigenvalue weighted by Gasteiger charge is -2.28. The van der Waals surface area contributed by atoms with Gasteiger partial charge >= 0.3 is 68.9 Å². The Kier molecular flexibility index (Phi) is 36.2. The van der Waals surface area contributed by atoms with Gasteiger partial charge in [0, 0.05) is 40.9 Å². The highest BCUT2D eigenvalue weighted by Crippen LogP contribution is 2.53. The number of nitrogens with two attached hydrogens (primary N) is 1. The van der Waals surface area contributed by atoms with Crippen LogP contribution >= 0.6 is 50.8 Å². The Labute approximate surface area is 702 Å². The quantitative estimate of drug-likeness (QED) is 0.0176. The Morgan fingerprint density at radius 1 is 0.513 bits per heavy atom. The molecule has 0 spiro atoms. The summed E-state index contributed by atoms with van der Waals surface area (Å²) in [7, 11) is -8.49. The molecule has 3 aromatic heterocycles. The first-order valence-corrected chi connectivity index (χ1v) is 44.3. The fraction of sp³-hybridized carbons (Fsp3) is 0.610.